The SMILES string of the molecule is CC[C@H](C)CNC(=O)[C@H]1N(C(=O)[C@@H](O)C(Cc2ccccc2)NC(=O)c2cc(C)cc(O)c2C)CC(F)(F)C1(C)C. The summed E-state index contributed by atoms with van der Waals surface area (Å²) in [4.78, 5) is 41.0. The maximum absolute atomic E-state index is 15.2. The summed E-state index contributed by atoms with van der Waals surface area (Å²) >= 11 is 0. The molecule has 3 amide bonds. The van der Waals surface area contributed by atoms with Gasteiger partial charge in [-0.05, 0) is 49.4 Å². The number of aryl methyl sites for hydroxylation is 1. The number of aliphatic hydroxyl groups excluding tert-OH is 1. The zero-order valence-electron chi connectivity index (χ0n) is 24.5. The normalized spacial score (nSPS) is 19.7. The summed E-state index contributed by atoms with van der Waals surface area (Å²) in [5, 5.41) is 26.9. The minimum absolute atomic E-state index is 0.00877. The molecule has 1 unspecified atom stereocenters. The van der Waals surface area contributed by atoms with E-state index in [4.69, 9.17) is 0 Å². The third-order valence-corrected chi connectivity index (χ3v) is 8.18. The van der Waals surface area contributed by atoms with Gasteiger partial charge in [0, 0.05) is 17.7 Å². The average Bonchev–Trinajstić information content (AvgIpc) is 3.11. The van der Waals surface area contributed by atoms with Crippen LogP contribution in [0.5, 0.6) is 5.75 Å². The lowest BCUT2D eigenvalue weighted by Crippen LogP contribution is -2.58. The highest BCUT2D eigenvalue weighted by molar-refractivity contribution is 5.97. The van der Waals surface area contributed by atoms with Crippen LogP contribution in [-0.2, 0) is 16.0 Å². The van der Waals surface area contributed by atoms with E-state index in [-0.39, 0.29) is 30.2 Å². The van der Waals surface area contributed by atoms with E-state index in [1.807, 2.05) is 13.8 Å². The first-order valence-electron chi connectivity index (χ1n) is 13.9. The second-order valence-electron chi connectivity index (χ2n) is 11.7. The molecule has 1 aliphatic rings. The smallest absolute Gasteiger partial charge is 0.272 e. The number of phenolic OH excluding ortho intramolecular Hbond substituents is 1. The van der Waals surface area contributed by atoms with Gasteiger partial charge in [-0.2, -0.15) is 0 Å². The maximum Gasteiger partial charge on any atom is 0.272 e. The third-order valence-electron chi connectivity index (χ3n) is 8.18. The van der Waals surface area contributed by atoms with Crippen LogP contribution < -0.4 is 10.6 Å². The van der Waals surface area contributed by atoms with Gasteiger partial charge in [0.15, 0.2) is 6.10 Å². The van der Waals surface area contributed by atoms with Gasteiger partial charge in [0.2, 0.25) is 5.91 Å². The summed E-state index contributed by atoms with van der Waals surface area (Å²) < 4.78 is 30.4. The predicted molar refractivity (Wildman–Crippen MR) is 152 cm³/mol. The van der Waals surface area contributed by atoms with Crippen molar-refractivity contribution in [3.63, 3.8) is 0 Å². The first kappa shape index (κ1) is 32.0. The molecule has 0 radical (unpaired) electrons. The molecule has 1 heterocycles. The van der Waals surface area contributed by atoms with Crippen molar-refractivity contribution >= 4 is 17.7 Å². The van der Waals surface area contributed by atoms with Gasteiger partial charge < -0.3 is 25.7 Å². The van der Waals surface area contributed by atoms with Crippen molar-refractivity contribution in [3.8, 4) is 5.75 Å². The van der Waals surface area contributed by atoms with Crippen LogP contribution >= 0.6 is 0 Å². The summed E-state index contributed by atoms with van der Waals surface area (Å²) in [6.07, 6.45) is -1.16. The Labute approximate surface area is 240 Å². The second-order valence-corrected chi connectivity index (χ2v) is 11.7. The number of hydrogen-bond acceptors (Lipinski definition) is 5. The molecule has 2 aromatic rings. The molecule has 1 saturated heterocycles. The van der Waals surface area contributed by atoms with Crippen LogP contribution in [0.2, 0.25) is 0 Å². The molecule has 224 valence electrons. The van der Waals surface area contributed by atoms with Crippen molar-refractivity contribution in [2.24, 2.45) is 11.3 Å². The van der Waals surface area contributed by atoms with E-state index in [0.717, 1.165) is 11.3 Å². The van der Waals surface area contributed by atoms with Crippen molar-refractivity contribution in [2.45, 2.75) is 78.5 Å². The van der Waals surface area contributed by atoms with Gasteiger partial charge in [0.1, 0.15) is 11.8 Å². The van der Waals surface area contributed by atoms with Crippen LogP contribution in [0.1, 0.15) is 61.2 Å². The summed E-state index contributed by atoms with van der Waals surface area (Å²) in [6, 6.07) is 9.12. The number of carbonyl (C=O) groups is 3. The summed E-state index contributed by atoms with van der Waals surface area (Å²) in [7, 11) is 0. The van der Waals surface area contributed by atoms with Crippen molar-refractivity contribution in [2.75, 3.05) is 13.1 Å². The number of nitrogens with one attached hydrogen (secondary N) is 2. The number of aliphatic hydroxyl groups is 1. The topological polar surface area (TPSA) is 119 Å². The Kier molecular flexibility index (Phi) is 9.79. The van der Waals surface area contributed by atoms with E-state index < -0.39 is 53.8 Å². The Morgan fingerprint density at radius 3 is 2.37 bits per heavy atom. The van der Waals surface area contributed by atoms with Crippen molar-refractivity contribution < 1.29 is 33.4 Å². The van der Waals surface area contributed by atoms with Gasteiger partial charge in [0.05, 0.1) is 18.0 Å². The molecular formula is C31H41F2N3O5. The van der Waals surface area contributed by atoms with Crippen LogP contribution in [0, 0.1) is 25.2 Å². The Hall–Kier alpha value is -3.53. The van der Waals surface area contributed by atoms with E-state index in [1.54, 1.807) is 50.2 Å². The highest BCUT2D eigenvalue weighted by Gasteiger charge is 2.64. The number of halogens is 2. The molecule has 41 heavy (non-hydrogen) atoms. The largest absolute Gasteiger partial charge is 0.508 e. The number of hydrogen-bond donors (Lipinski definition) is 4. The first-order chi connectivity index (χ1) is 19.1. The minimum Gasteiger partial charge on any atom is -0.508 e. The fourth-order valence-electron chi connectivity index (χ4n) is 5.06. The zero-order valence-corrected chi connectivity index (χ0v) is 24.5. The highest BCUT2D eigenvalue weighted by atomic mass is 19.3. The number of carbonyl (C=O) groups excluding carboxylic acids is 3. The number of alkyl halides is 2. The number of amides is 3. The molecule has 0 bridgehead atoms. The van der Waals surface area contributed by atoms with Crippen LogP contribution in [-0.4, -0.2) is 70.0 Å². The molecule has 10 heteroatoms. The molecule has 0 spiro atoms. The van der Waals surface area contributed by atoms with Gasteiger partial charge >= 0.3 is 0 Å². The number of aromatic hydroxyl groups is 1. The summed E-state index contributed by atoms with van der Waals surface area (Å²) in [6.45, 7) is 8.80. The maximum atomic E-state index is 15.2. The molecule has 4 N–H and O–H groups in total. The van der Waals surface area contributed by atoms with Crippen LogP contribution in [0.15, 0.2) is 42.5 Å². The fraction of sp³-hybridized carbons (Fsp3) is 0.516. The van der Waals surface area contributed by atoms with E-state index in [2.05, 4.69) is 10.6 Å². The van der Waals surface area contributed by atoms with Gasteiger partial charge in [-0.25, -0.2) is 8.78 Å². The fourth-order valence-corrected chi connectivity index (χ4v) is 5.06. The standard InChI is InChI=1S/C31H41F2N3O5/c1-7-18(2)16-34-28(40)26-30(5,6)31(32,33)17-36(26)29(41)25(38)23(15-21-11-9-8-10-12-21)35-27(39)22-13-19(3)14-24(37)20(22)4/h8-14,18,23,25-26,37-38H,7,15-17H2,1-6H3,(H,34,40)(H,35,39)/t18-,23?,25-,26+/m0/s1. The zero-order chi connectivity index (χ0) is 30.7. The Morgan fingerprint density at radius 1 is 1.12 bits per heavy atom. The van der Waals surface area contributed by atoms with Crippen LogP contribution in [0.4, 0.5) is 8.78 Å². The molecule has 0 aliphatic carbocycles. The molecule has 4 atom stereocenters. The highest BCUT2D eigenvalue weighted by Crippen LogP contribution is 2.48. The monoisotopic (exact) mass is 573 g/mol. The van der Waals surface area contributed by atoms with Gasteiger partial charge in [-0.15, -0.1) is 0 Å². The summed E-state index contributed by atoms with van der Waals surface area (Å²) in [5.74, 6) is -5.83. The lowest BCUT2D eigenvalue weighted by atomic mass is 9.81. The summed E-state index contributed by atoms with van der Waals surface area (Å²) in [5.41, 5.74) is -0.135. The van der Waals surface area contributed by atoms with E-state index in [9.17, 15) is 24.6 Å². The van der Waals surface area contributed by atoms with E-state index in [0.29, 0.717) is 16.7 Å². The number of phenols is 1. The number of rotatable bonds is 10. The van der Waals surface area contributed by atoms with Gasteiger partial charge in [-0.3, -0.25) is 14.4 Å². The molecule has 0 aromatic heterocycles. The Bertz CT molecular complexity index is 1270. The van der Waals surface area contributed by atoms with Gasteiger partial charge in [-0.1, -0.05) is 64.4 Å². The Morgan fingerprint density at radius 2 is 1.76 bits per heavy atom. The average molecular weight is 574 g/mol. The molecule has 0 saturated carbocycles. The molecule has 1 aliphatic heterocycles. The molecule has 8 nitrogen and oxygen atoms in total. The van der Waals surface area contributed by atoms with Crippen LogP contribution in [0.3, 0.4) is 0 Å². The van der Waals surface area contributed by atoms with Crippen molar-refractivity contribution in [1.29, 1.82) is 0 Å². The van der Waals surface area contributed by atoms with E-state index >= 15 is 8.78 Å². The quantitative estimate of drug-likeness (QED) is 0.345. The molecule has 3 rings (SSSR count). The number of benzene rings is 2. The van der Waals surface area contributed by atoms with Crippen molar-refractivity contribution in [1.82, 2.24) is 15.5 Å². The van der Waals surface area contributed by atoms with Crippen LogP contribution in [0.25, 0.3) is 0 Å². The second kappa shape index (κ2) is 12.5. The van der Waals surface area contributed by atoms with Gasteiger partial charge in [0.25, 0.3) is 17.7 Å². The van der Waals surface area contributed by atoms with E-state index in [1.165, 1.54) is 19.9 Å². The Balaban J connectivity index is 1.95. The number of likely N-dealkylation sites (tertiary alicyclic amines) is 1. The number of nitrogens with zero attached hydrogens (tertiary/aromatic N) is 1. The molecular weight excluding hydrogens is 532 g/mol. The first-order valence-corrected chi connectivity index (χ1v) is 13.9. The lowest BCUT2D eigenvalue weighted by molar-refractivity contribution is -0.148. The minimum atomic E-state index is -3.41. The van der Waals surface area contributed by atoms with Crippen molar-refractivity contribution in [3.05, 3.63) is 64.7 Å². The molecule has 1 fully saturated rings. The lowest BCUT2D eigenvalue weighted by Gasteiger charge is -2.34. The molecule has 2 aromatic carbocycles. The third kappa shape index (κ3) is 6.86. The predicted octanol–water partition coefficient (Wildman–Crippen LogP) is 3.75.